The Labute approximate surface area is 92.4 Å². The summed E-state index contributed by atoms with van der Waals surface area (Å²) in [5, 5.41) is 7.42. The summed E-state index contributed by atoms with van der Waals surface area (Å²) in [7, 11) is 0. The van der Waals surface area contributed by atoms with Gasteiger partial charge in [0.1, 0.15) is 15.0 Å². The van der Waals surface area contributed by atoms with Crippen LogP contribution >= 0.6 is 34.4 Å². The lowest BCUT2D eigenvalue weighted by Gasteiger charge is -1.97. The molecule has 68 valence electrons. The monoisotopic (exact) mass is 308 g/mol. The number of H-pyrrole nitrogens is 1. The number of aromatic nitrogens is 2. The fourth-order valence-corrected chi connectivity index (χ4v) is 2.37. The second kappa shape index (κ2) is 3.45. The Kier molecular flexibility index (Phi) is 2.46. The SMILES string of the molecule is CSc1ccc(F)c2c(I)[nH]nc12. The number of rotatable bonds is 1. The molecule has 2 nitrogen and oxygen atoms in total. The maximum atomic E-state index is 13.3. The van der Waals surface area contributed by atoms with Gasteiger partial charge in [-0.3, -0.25) is 5.10 Å². The second-order valence-corrected chi connectivity index (χ2v) is 4.44. The first-order chi connectivity index (χ1) is 6.24. The van der Waals surface area contributed by atoms with Crippen molar-refractivity contribution in [1.82, 2.24) is 10.2 Å². The molecule has 0 radical (unpaired) electrons. The number of benzene rings is 1. The molecule has 5 heteroatoms. The van der Waals surface area contributed by atoms with Crippen LogP contribution in [0.4, 0.5) is 4.39 Å². The summed E-state index contributed by atoms with van der Waals surface area (Å²) in [5.74, 6) is -0.217. The molecule has 0 aliphatic rings. The number of nitrogens with one attached hydrogen (secondary N) is 1. The van der Waals surface area contributed by atoms with Crippen LogP contribution in [0.3, 0.4) is 0 Å². The first kappa shape index (κ1) is 9.26. The van der Waals surface area contributed by atoms with Gasteiger partial charge in [0.2, 0.25) is 0 Å². The van der Waals surface area contributed by atoms with E-state index in [9.17, 15) is 4.39 Å². The molecule has 1 aromatic heterocycles. The van der Waals surface area contributed by atoms with Crippen LogP contribution in [0, 0.1) is 9.52 Å². The van der Waals surface area contributed by atoms with E-state index in [0.717, 1.165) is 14.1 Å². The number of hydrogen-bond acceptors (Lipinski definition) is 2. The average Bonchev–Trinajstić information content (AvgIpc) is 2.50. The number of halogens is 2. The van der Waals surface area contributed by atoms with Gasteiger partial charge in [-0.2, -0.15) is 5.10 Å². The quantitative estimate of drug-likeness (QED) is 0.648. The first-order valence-electron chi connectivity index (χ1n) is 3.60. The van der Waals surface area contributed by atoms with Gasteiger partial charge in [0.15, 0.2) is 0 Å². The molecule has 0 aliphatic heterocycles. The van der Waals surface area contributed by atoms with Gasteiger partial charge in [-0.1, -0.05) is 0 Å². The van der Waals surface area contributed by atoms with E-state index in [4.69, 9.17) is 0 Å². The van der Waals surface area contributed by atoms with Crippen LogP contribution < -0.4 is 0 Å². The molecule has 0 amide bonds. The molecular formula is C8H6FIN2S. The maximum Gasteiger partial charge on any atom is 0.135 e. The fraction of sp³-hybridized carbons (Fsp3) is 0.125. The van der Waals surface area contributed by atoms with Crippen LogP contribution in [0.25, 0.3) is 10.9 Å². The van der Waals surface area contributed by atoms with E-state index in [1.807, 2.05) is 28.8 Å². The topological polar surface area (TPSA) is 28.7 Å². The minimum Gasteiger partial charge on any atom is -0.271 e. The standard InChI is InChI=1S/C8H6FIN2S/c1-13-5-3-2-4(9)6-7(5)11-12-8(6)10/h2-3H,1H3,(H,11,12). The van der Waals surface area contributed by atoms with Crippen molar-refractivity contribution in [2.24, 2.45) is 0 Å². The molecule has 0 aliphatic carbocycles. The number of nitrogens with zero attached hydrogens (tertiary/aromatic N) is 1. The molecular weight excluding hydrogens is 302 g/mol. The van der Waals surface area contributed by atoms with Gasteiger partial charge >= 0.3 is 0 Å². The predicted octanol–water partition coefficient (Wildman–Crippen LogP) is 3.03. The zero-order chi connectivity index (χ0) is 9.42. The van der Waals surface area contributed by atoms with Crippen molar-refractivity contribution in [3.8, 4) is 0 Å². The highest BCUT2D eigenvalue weighted by Crippen LogP contribution is 2.29. The van der Waals surface area contributed by atoms with Crippen LogP contribution in [0.5, 0.6) is 0 Å². The summed E-state index contributed by atoms with van der Waals surface area (Å²) >= 11 is 3.61. The number of fused-ring (bicyclic) bond motifs is 1. The molecule has 1 aromatic carbocycles. The summed E-state index contributed by atoms with van der Waals surface area (Å²) in [5.41, 5.74) is 0.719. The van der Waals surface area contributed by atoms with Crippen LogP contribution in [0.15, 0.2) is 17.0 Å². The van der Waals surface area contributed by atoms with Gasteiger partial charge in [-0.05, 0) is 41.0 Å². The Morgan fingerprint density at radius 2 is 2.31 bits per heavy atom. The molecule has 0 atom stereocenters. The van der Waals surface area contributed by atoms with Gasteiger partial charge in [0, 0.05) is 4.90 Å². The molecule has 0 saturated heterocycles. The molecule has 2 aromatic rings. The summed E-state index contributed by atoms with van der Waals surface area (Å²) in [6, 6.07) is 3.23. The number of thioether (sulfide) groups is 1. The molecule has 13 heavy (non-hydrogen) atoms. The fourth-order valence-electron chi connectivity index (χ4n) is 1.19. The molecule has 0 spiro atoms. The molecule has 1 heterocycles. The maximum absolute atomic E-state index is 13.3. The number of aromatic amines is 1. The molecule has 0 unspecified atom stereocenters. The third-order valence-corrected chi connectivity index (χ3v) is 3.35. The van der Waals surface area contributed by atoms with E-state index in [-0.39, 0.29) is 5.82 Å². The van der Waals surface area contributed by atoms with Crippen molar-refractivity contribution < 1.29 is 4.39 Å². The van der Waals surface area contributed by atoms with Crippen LogP contribution in [0.1, 0.15) is 0 Å². The third-order valence-electron chi connectivity index (χ3n) is 1.80. The van der Waals surface area contributed by atoms with Gasteiger partial charge in [0.05, 0.1) is 5.39 Å². The average molecular weight is 308 g/mol. The predicted molar refractivity (Wildman–Crippen MR) is 60.5 cm³/mol. The Morgan fingerprint density at radius 3 is 3.00 bits per heavy atom. The lowest BCUT2D eigenvalue weighted by molar-refractivity contribution is 0.638. The molecule has 1 N–H and O–H groups in total. The van der Waals surface area contributed by atoms with Gasteiger partial charge in [0.25, 0.3) is 0 Å². The highest BCUT2D eigenvalue weighted by molar-refractivity contribution is 14.1. The first-order valence-corrected chi connectivity index (χ1v) is 5.90. The summed E-state index contributed by atoms with van der Waals surface area (Å²) in [6.45, 7) is 0. The van der Waals surface area contributed by atoms with Crippen molar-refractivity contribution in [2.75, 3.05) is 6.26 Å². The molecule has 2 rings (SSSR count). The Balaban J connectivity index is 2.87. The van der Waals surface area contributed by atoms with Crippen molar-refractivity contribution in [3.05, 3.63) is 21.7 Å². The summed E-state index contributed by atoms with van der Waals surface area (Å²) in [4.78, 5) is 0.996. The van der Waals surface area contributed by atoms with E-state index >= 15 is 0 Å². The van der Waals surface area contributed by atoms with Crippen LogP contribution in [0.2, 0.25) is 0 Å². The Morgan fingerprint density at radius 1 is 1.54 bits per heavy atom. The smallest absolute Gasteiger partial charge is 0.135 e. The zero-order valence-corrected chi connectivity index (χ0v) is 9.74. The second-order valence-electron chi connectivity index (χ2n) is 2.51. The van der Waals surface area contributed by atoms with E-state index in [1.165, 1.54) is 6.07 Å². The van der Waals surface area contributed by atoms with Crippen molar-refractivity contribution in [1.29, 1.82) is 0 Å². The van der Waals surface area contributed by atoms with E-state index < -0.39 is 0 Å². The molecule has 0 bridgehead atoms. The van der Waals surface area contributed by atoms with Gasteiger partial charge < -0.3 is 0 Å². The normalized spacial score (nSPS) is 11.0. The van der Waals surface area contributed by atoms with Crippen LogP contribution in [-0.4, -0.2) is 16.5 Å². The zero-order valence-electron chi connectivity index (χ0n) is 6.77. The van der Waals surface area contributed by atoms with E-state index in [1.54, 1.807) is 17.8 Å². The minimum atomic E-state index is -0.217. The van der Waals surface area contributed by atoms with E-state index in [2.05, 4.69) is 10.2 Å². The van der Waals surface area contributed by atoms with Crippen molar-refractivity contribution in [3.63, 3.8) is 0 Å². The third kappa shape index (κ3) is 1.43. The Hall–Kier alpha value is -0.300. The molecule has 0 saturated carbocycles. The Bertz CT molecular complexity index is 455. The largest absolute Gasteiger partial charge is 0.271 e. The lowest BCUT2D eigenvalue weighted by atomic mass is 10.2. The minimum absolute atomic E-state index is 0.217. The molecule has 0 fully saturated rings. The van der Waals surface area contributed by atoms with Crippen molar-refractivity contribution in [2.45, 2.75) is 4.90 Å². The van der Waals surface area contributed by atoms with Crippen molar-refractivity contribution >= 4 is 45.3 Å². The van der Waals surface area contributed by atoms with Gasteiger partial charge in [-0.25, -0.2) is 4.39 Å². The highest BCUT2D eigenvalue weighted by Gasteiger charge is 2.11. The number of hydrogen-bond donors (Lipinski definition) is 1. The lowest BCUT2D eigenvalue weighted by Crippen LogP contribution is -1.80. The van der Waals surface area contributed by atoms with E-state index in [0.29, 0.717) is 5.39 Å². The summed E-state index contributed by atoms with van der Waals surface area (Å²) < 4.78 is 14.1. The van der Waals surface area contributed by atoms with Gasteiger partial charge in [-0.15, -0.1) is 11.8 Å². The highest BCUT2D eigenvalue weighted by atomic mass is 127. The summed E-state index contributed by atoms with van der Waals surface area (Å²) in [6.07, 6.45) is 1.95. The van der Waals surface area contributed by atoms with Crippen LogP contribution in [-0.2, 0) is 0 Å².